The topological polar surface area (TPSA) is 59.0 Å². The number of halogens is 1. The lowest BCUT2D eigenvalue weighted by molar-refractivity contribution is 0.252. The number of urea groups is 1. The van der Waals surface area contributed by atoms with Gasteiger partial charge < -0.3 is 10.6 Å². The first-order chi connectivity index (χ1) is 8.06. The molecule has 0 saturated heterocycles. The summed E-state index contributed by atoms with van der Waals surface area (Å²) in [5.41, 5.74) is 0.528. The number of nitrogens with zero attached hydrogens (tertiary/aromatic N) is 2. The van der Waals surface area contributed by atoms with Crippen LogP contribution < -0.4 is 10.6 Å². The lowest BCUT2D eigenvalue weighted by Crippen LogP contribution is -2.35. The Bertz CT molecular complexity index is 430. The van der Waals surface area contributed by atoms with Gasteiger partial charge in [0.2, 0.25) is 0 Å². The lowest BCUT2D eigenvalue weighted by Gasteiger charge is -2.13. The fraction of sp³-hybridized carbons (Fsp3) is 0.600. The standard InChI is InChI=1S/C10H15ClN4OS/c1-15-8(11)7(5-13-15)14-9(16)12-6-10(17-2)3-4-10/h5H,3-4,6H2,1-2H3,(H2,12,14,16). The van der Waals surface area contributed by atoms with Gasteiger partial charge in [0.15, 0.2) is 0 Å². The van der Waals surface area contributed by atoms with Crippen molar-refractivity contribution in [2.75, 3.05) is 18.1 Å². The van der Waals surface area contributed by atoms with Gasteiger partial charge in [-0.15, -0.1) is 0 Å². The molecule has 1 saturated carbocycles. The molecule has 1 aromatic rings. The van der Waals surface area contributed by atoms with Gasteiger partial charge in [-0.25, -0.2) is 4.79 Å². The summed E-state index contributed by atoms with van der Waals surface area (Å²) < 4.78 is 1.76. The molecule has 5 nitrogen and oxygen atoms in total. The van der Waals surface area contributed by atoms with Crippen LogP contribution >= 0.6 is 23.4 Å². The fourth-order valence-electron chi connectivity index (χ4n) is 1.51. The molecule has 7 heteroatoms. The van der Waals surface area contributed by atoms with Crippen molar-refractivity contribution >= 4 is 35.1 Å². The zero-order valence-corrected chi connectivity index (χ0v) is 11.4. The number of hydrogen-bond donors (Lipinski definition) is 2. The van der Waals surface area contributed by atoms with Gasteiger partial charge in [-0.1, -0.05) is 11.6 Å². The van der Waals surface area contributed by atoms with Crippen molar-refractivity contribution in [3.63, 3.8) is 0 Å². The Morgan fingerprint density at radius 2 is 2.41 bits per heavy atom. The molecular formula is C10H15ClN4OS. The van der Waals surface area contributed by atoms with E-state index in [9.17, 15) is 4.79 Å². The summed E-state index contributed by atoms with van der Waals surface area (Å²) in [5, 5.41) is 9.90. The van der Waals surface area contributed by atoms with Crippen molar-refractivity contribution in [3.8, 4) is 0 Å². The molecule has 0 aromatic carbocycles. The molecular weight excluding hydrogens is 260 g/mol. The van der Waals surface area contributed by atoms with Gasteiger partial charge in [-0.2, -0.15) is 16.9 Å². The summed E-state index contributed by atoms with van der Waals surface area (Å²) in [6.07, 6.45) is 5.94. The number of carbonyl (C=O) groups is 1. The molecule has 2 amide bonds. The van der Waals surface area contributed by atoms with Gasteiger partial charge >= 0.3 is 6.03 Å². The lowest BCUT2D eigenvalue weighted by atomic mass is 10.4. The highest BCUT2D eigenvalue weighted by atomic mass is 35.5. The molecule has 0 spiro atoms. The van der Waals surface area contributed by atoms with E-state index in [1.54, 1.807) is 7.05 Å². The molecule has 0 aliphatic heterocycles. The maximum Gasteiger partial charge on any atom is 0.319 e. The highest BCUT2D eigenvalue weighted by Crippen LogP contribution is 2.46. The second-order valence-corrected chi connectivity index (χ2v) is 5.80. The Balaban J connectivity index is 1.83. The summed E-state index contributed by atoms with van der Waals surface area (Å²) in [7, 11) is 1.72. The van der Waals surface area contributed by atoms with Crippen LogP contribution in [0.1, 0.15) is 12.8 Å². The molecule has 0 radical (unpaired) electrons. The quantitative estimate of drug-likeness (QED) is 0.884. The van der Waals surface area contributed by atoms with E-state index in [0.29, 0.717) is 17.4 Å². The summed E-state index contributed by atoms with van der Waals surface area (Å²) in [6.45, 7) is 0.692. The van der Waals surface area contributed by atoms with Crippen LogP contribution in [0.25, 0.3) is 0 Å². The molecule has 1 aliphatic carbocycles. The Hall–Kier alpha value is -0.880. The Morgan fingerprint density at radius 1 is 1.71 bits per heavy atom. The van der Waals surface area contributed by atoms with Crippen LogP contribution in [-0.4, -0.2) is 33.4 Å². The van der Waals surface area contributed by atoms with E-state index in [-0.39, 0.29) is 10.8 Å². The maximum atomic E-state index is 11.6. The highest BCUT2D eigenvalue weighted by Gasteiger charge is 2.41. The molecule has 94 valence electrons. The summed E-state index contributed by atoms with van der Waals surface area (Å²) in [5.74, 6) is 0. The van der Waals surface area contributed by atoms with E-state index in [2.05, 4.69) is 22.0 Å². The van der Waals surface area contributed by atoms with Crippen molar-refractivity contribution in [1.29, 1.82) is 0 Å². The fourth-order valence-corrected chi connectivity index (χ4v) is 2.37. The van der Waals surface area contributed by atoms with E-state index in [1.807, 2.05) is 11.8 Å². The number of rotatable bonds is 4. The van der Waals surface area contributed by atoms with E-state index in [4.69, 9.17) is 11.6 Å². The number of aromatic nitrogens is 2. The van der Waals surface area contributed by atoms with Crippen LogP contribution in [-0.2, 0) is 7.05 Å². The van der Waals surface area contributed by atoms with E-state index in [1.165, 1.54) is 23.7 Å². The molecule has 2 N–H and O–H groups in total. The largest absolute Gasteiger partial charge is 0.336 e. The van der Waals surface area contributed by atoms with Gasteiger partial charge in [0, 0.05) is 18.3 Å². The smallest absolute Gasteiger partial charge is 0.319 e. The predicted octanol–water partition coefficient (Wildman–Crippen LogP) is 2.09. The maximum absolute atomic E-state index is 11.6. The van der Waals surface area contributed by atoms with Crippen LogP contribution in [0.3, 0.4) is 0 Å². The third-order valence-corrected chi connectivity index (χ3v) is 4.79. The Morgan fingerprint density at radius 3 is 2.88 bits per heavy atom. The first-order valence-electron chi connectivity index (χ1n) is 5.34. The minimum atomic E-state index is -0.236. The molecule has 0 atom stereocenters. The predicted molar refractivity (Wildman–Crippen MR) is 70.7 cm³/mol. The monoisotopic (exact) mass is 274 g/mol. The summed E-state index contributed by atoms with van der Waals surface area (Å²) in [4.78, 5) is 11.6. The van der Waals surface area contributed by atoms with E-state index >= 15 is 0 Å². The van der Waals surface area contributed by atoms with Crippen LogP contribution in [0, 0.1) is 0 Å². The van der Waals surface area contributed by atoms with Crippen LogP contribution in [0.4, 0.5) is 10.5 Å². The Labute approximate surface area is 109 Å². The van der Waals surface area contributed by atoms with Gasteiger partial charge in [0.1, 0.15) is 5.15 Å². The molecule has 0 bridgehead atoms. The molecule has 1 aromatic heterocycles. The van der Waals surface area contributed by atoms with Crippen molar-refractivity contribution < 1.29 is 4.79 Å². The molecule has 2 rings (SSSR count). The minimum absolute atomic E-state index is 0.236. The number of anilines is 1. The number of hydrogen-bond acceptors (Lipinski definition) is 3. The number of carbonyl (C=O) groups excluding carboxylic acids is 1. The molecule has 1 fully saturated rings. The third kappa shape index (κ3) is 2.87. The minimum Gasteiger partial charge on any atom is -0.336 e. The number of thioether (sulfide) groups is 1. The van der Waals surface area contributed by atoms with Gasteiger partial charge in [-0.3, -0.25) is 4.68 Å². The van der Waals surface area contributed by atoms with Crippen molar-refractivity contribution in [2.45, 2.75) is 17.6 Å². The molecule has 17 heavy (non-hydrogen) atoms. The van der Waals surface area contributed by atoms with Crippen molar-refractivity contribution in [2.24, 2.45) is 7.05 Å². The molecule has 1 heterocycles. The van der Waals surface area contributed by atoms with Crippen molar-refractivity contribution in [3.05, 3.63) is 11.3 Å². The third-order valence-electron chi connectivity index (χ3n) is 2.93. The van der Waals surface area contributed by atoms with E-state index < -0.39 is 0 Å². The SMILES string of the molecule is CSC1(CNC(=O)Nc2cnn(C)c2Cl)CC1. The molecule has 1 aliphatic rings. The second-order valence-electron chi connectivity index (χ2n) is 4.17. The highest BCUT2D eigenvalue weighted by molar-refractivity contribution is 8.00. The Kier molecular flexibility index (Phi) is 3.53. The van der Waals surface area contributed by atoms with E-state index in [0.717, 1.165) is 0 Å². The van der Waals surface area contributed by atoms with Gasteiger partial charge in [0.25, 0.3) is 0 Å². The number of nitrogens with one attached hydrogen (secondary N) is 2. The van der Waals surface area contributed by atoms with Gasteiger partial charge in [0.05, 0.1) is 11.9 Å². The normalized spacial score (nSPS) is 16.6. The zero-order chi connectivity index (χ0) is 12.5. The molecule has 0 unspecified atom stereocenters. The van der Waals surface area contributed by atoms with Crippen molar-refractivity contribution in [1.82, 2.24) is 15.1 Å². The first-order valence-corrected chi connectivity index (χ1v) is 6.94. The average Bonchev–Trinajstić information content (AvgIpc) is 3.05. The first kappa shape index (κ1) is 12.6. The van der Waals surface area contributed by atoms with Crippen LogP contribution in [0.5, 0.6) is 0 Å². The average molecular weight is 275 g/mol. The summed E-state index contributed by atoms with van der Waals surface area (Å²) >= 11 is 7.75. The zero-order valence-electron chi connectivity index (χ0n) is 9.79. The second kappa shape index (κ2) is 4.78. The van der Waals surface area contributed by atoms with Crippen LogP contribution in [0.15, 0.2) is 6.20 Å². The number of amides is 2. The number of aryl methyl sites for hydroxylation is 1. The van der Waals surface area contributed by atoms with Gasteiger partial charge in [-0.05, 0) is 19.1 Å². The van der Waals surface area contributed by atoms with Crippen LogP contribution in [0.2, 0.25) is 5.15 Å². The summed E-state index contributed by atoms with van der Waals surface area (Å²) in [6, 6.07) is -0.236.